The van der Waals surface area contributed by atoms with Crippen molar-refractivity contribution >= 4 is 29.1 Å². The van der Waals surface area contributed by atoms with E-state index in [1.165, 1.54) is 0 Å². The van der Waals surface area contributed by atoms with Gasteiger partial charge in [-0.15, -0.1) is 0 Å². The maximum absolute atomic E-state index is 12.8. The summed E-state index contributed by atoms with van der Waals surface area (Å²) in [5.41, 5.74) is 6.83. The van der Waals surface area contributed by atoms with Crippen molar-refractivity contribution in [2.45, 2.75) is 18.5 Å². The van der Waals surface area contributed by atoms with Crippen LogP contribution in [0.3, 0.4) is 0 Å². The van der Waals surface area contributed by atoms with E-state index in [0.717, 1.165) is 11.1 Å². The maximum Gasteiger partial charge on any atom is 0.242 e. The highest BCUT2D eigenvalue weighted by molar-refractivity contribution is 6.36. The fourth-order valence-corrected chi connectivity index (χ4v) is 3.72. The number of rotatable bonds is 7. The zero-order valence-electron chi connectivity index (χ0n) is 14.4. The Bertz CT molecular complexity index is 902. The highest BCUT2D eigenvalue weighted by Crippen LogP contribution is 2.37. The Kier molecular flexibility index (Phi) is 6.06. The average molecular weight is 401 g/mol. The molecule has 2 aromatic heterocycles. The molecule has 3 N–H and O–H groups in total. The van der Waals surface area contributed by atoms with Gasteiger partial charge in [0.25, 0.3) is 0 Å². The molecular formula is C20H18Cl2N4O. The van der Waals surface area contributed by atoms with Gasteiger partial charge in [0.05, 0.1) is 0 Å². The number of carbonyl (C=O) groups excluding carboxylic acids is 1. The number of nitrogens with zero attached hydrogens (tertiary/aromatic N) is 2. The second-order valence-electron chi connectivity index (χ2n) is 6.11. The summed E-state index contributed by atoms with van der Waals surface area (Å²) in [5, 5.41) is 4.03. The second kappa shape index (κ2) is 8.48. The fourth-order valence-electron chi connectivity index (χ4n) is 3.00. The summed E-state index contributed by atoms with van der Waals surface area (Å²) in [6.07, 6.45) is 6.99. The molecule has 27 heavy (non-hydrogen) atoms. The molecular weight excluding hydrogens is 383 g/mol. The first-order valence-electron chi connectivity index (χ1n) is 8.30. The zero-order chi connectivity index (χ0) is 19.3. The number of carbonyl (C=O) groups is 1. The quantitative estimate of drug-likeness (QED) is 0.635. The number of hydrogen-bond donors (Lipinski definition) is 2. The van der Waals surface area contributed by atoms with Gasteiger partial charge in [-0.25, -0.2) is 0 Å². The van der Waals surface area contributed by atoms with Gasteiger partial charge in [-0.2, -0.15) is 0 Å². The first-order valence-corrected chi connectivity index (χ1v) is 9.06. The second-order valence-corrected chi connectivity index (χ2v) is 6.93. The van der Waals surface area contributed by atoms with E-state index in [0.29, 0.717) is 22.2 Å². The minimum Gasteiger partial charge on any atom is -0.368 e. The van der Waals surface area contributed by atoms with Gasteiger partial charge in [0.15, 0.2) is 0 Å². The minimum atomic E-state index is -1.30. The van der Waals surface area contributed by atoms with Gasteiger partial charge in [0.1, 0.15) is 5.54 Å². The summed E-state index contributed by atoms with van der Waals surface area (Å²) < 4.78 is 0. The number of aromatic nitrogens is 2. The van der Waals surface area contributed by atoms with Crippen LogP contribution in [0, 0.1) is 0 Å². The lowest BCUT2D eigenvalue weighted by atomic mass is 9.82. The summed E-state index contributed by atoms with van der Waals surface area (Å²) >= 11 is 12.9. The van der Waals surface area contributed by atoms with Crippen LogP contribution in [0.25, 0.3) is 0 Å². The number of halogens is 2. The highest BCUT2D eigenvalue weighted by atomic mass is 35.5. The van der Waals surface area contributed by atoms with Crippen molar-refractivity contribution in [2.75, 3.05) is 0 Å². The van der Waals surface area contributed by atoms with Crippen LogP contribution < -0.4 is 11.1 Å². The topological polar surface area (TPSA) is 80.9 Å². The van der Waals surface area contributed by atoms with Gasteiger partial charge < -0.3 is 5.73 Å². The van der Waals surface area contributed by atoms with E-state index in [9.17, 15) is 4.79 Å². The van der Waals surface area contributed by atoms with E-state index in [2.05, 4.69) is 15.3 Å². The molecule has 0 fully saturated rings. The molecule has 1 amide bonds. The molecule has 0 aliphatic rings. The van der Waals surface area contributed by atoms with Gasteiger partial charge in [0, 0.05) is 53.4 Å². The predicted octanol–water partition coefficient (Wildman–Crippen LogP) is 3.50. The Balaban J connectivity index is 2.09. The highest BCUT2D eigenvalue weighted by Gasteiger charge is 2.41. The Morgan fingerprint density at radius 1 is 0.963 bits per heavy atom. The van der Waals surface area contributed by atoms with Crippen LogP contribution in [0.15, 0.2) is 67.3 Å². The van der Waals surface area contributed by atoms with E-state index >= 15 is 0 Å². The van der Waals surface area contributed by atoms with Gasteiger partial charge in [0.2, 0.25) is 5.91 Å². The Morgan fingerprint density at radius 3 is 2.26 bits per heavy atom. The summed E-state index contributed by atoms with van der Waals surface area (Å²) in [4.78, 5) is 20.9. The van der Waals surface area contributed by atoms with Crippen LogP contribution in [0.2, 0.25) is 10.0 Å². The van der Waals surface area contributed by atoms with Gasteiger partial charge in [-0.1, -0.05) is 35.3 Å². The van der Waals surface area contributed by atoms with Crippen molar-refractivity contribution in [3.05, 3.63) is 94.0 Å². The normalized spacial score (nSPS) is 13.1. The van der Waals surface area contributed by atoms with Crippen molar-refractivity contribution < 1.29 is 4.79 Å². The van der Waals surface area contributed by atoms with Gasteiger partial charge >= 0.3 is 0 Å². The van der Waals surface area contributed by atoms with Crippen molar-refractivity contribution in [3.63, 3.8) is 0 Å². The number of amides is 1. The van der Waals surface area contributed by atoms with Gasteiger partial charge in [-0.3, -0.25) is 20.1 Å². The van der Waals surface area contributed by atoms with Crippen LogP contribution in [-0.4, -0.2) is 15.9 Å². The molecule has 0 spiro atoms. The molecule has 0 saturated heterocycles. The molecule has 5 nitrogen and oxygen atoms in total. The Hall–Kier alpha value is -2.47. The molecule has 3 aromatic rings. The summed E-state index contributed by atoms with van der Waals surface area (Å²) in [6.45, 7) is 0.382. The Labute approximate surface area is 167 Å². The van der Waals surface area contributed by atoms with E-state index in [-0.39, 0.29) is 6.42 Å². The van der Waals surface area contributed by atoms with E-state index < -0.39 is 11.4 Å². The molecule has 0 saturated carbocycles. The number of nitrogens with one attached hydrogen (secondary N) is 1. The monoisotopic (exact) mass is 400 g/mol. The van der Waals surface area contributed by atoms with Crippen molar-refractivity contribution in [1.82, 2.24) is 15.3 Å². The summed E-state index contributed by atoms with van der Waals surface area (Å²) in [5.74, 6) is -0.574. The maximum atomic E-state index is 12.8. The summed E-state index contributed by atoms with van der Waals surface area (Å²) in [6, 6.07) is 12.5. The van der Waals surface area contributed by atoms with Crippen molar-refractivity contribution in [1.29, 1.82) is 0 Å². The van der Waals surface area contributed by atoms with Crippen LogP contribution in [0.4, 0.5) is 0 Å². The van der Waals surface area contributed by atoms with Crippen molar-refractivity contribution in [3.8, 4) is 0 Å². The molecule has 2 heterocycles. The SMILES string of the molecule is NC(=O)C(Cc1cccnc1)(NCc1ccncc1)c1c(Cl)cccc1Cl. The molecule has 0 radical (unpaired) electrons. The van der Waals surface area contributed by atoms with Crippen LogP contribution in [0.1, 0.15) is 16.7 Å². The lowest BCUT2D eigenvalue weighted by Crippen LogP contribution is -2.54. The first kappa shape index (κ1) is 19.3. The van der Waals surface area contributed by atoms with Crippen molar-refractivity contribution in [2.24, 2.45) is 5.73 Å². The number of pyridine rings is 2. The van der Waals surface area contributed by atoms with E-state index in [4.69, 9.17) is 28.9 Å². The number of hydrogen-bond acceptors (Lipinski definition) is 4. The third kappa shape index (κ3) is 4.27. The minimum absolute atomic E-state index is 0.255. The smallest absolute Gasteiger partial charge is 0.242 e. The molecule has 3 rings (SSSR count). The molecule has 0 bridgehead atoms. The van der Waals surface area contributed by atoms with Crippen LogP contribution >= 0.6 is 23.2 Å². The van der Waals surface area contributed by atoms with Gasteiger partial charge in [-0.05, 0) is 41.5 Å². The number of primary amides is 1. The molecule has 1 atom stereocenters. The molecule has 1 unspecified atom stereocenters. The first-order chi connectivity index (χ1) is 13.0. The Morgan fingerprint density at radius 2 is 1.67 bits per heavy atom. The van der Waals surface area contributed by atoms with E-state index in [1.807, 2.05) is 18.2 Å². The number of nitrogens with two attached hydrogens (primary N) is 1. The summed E-state index contributed by atoms with van der Waals surface area (Å²) in [7, 11) is 0. The van der Waals surface area contributed by atoms with Crippen LogP contribution in [0.5, 0.6) is 0 Å². The molecule has 7 heteroatoms. The van der Waals surface area contributed by atoms with Crippen LogP contribution in [-0.2, 0) is 23.3 Å². The zero-order valence-corrected chi connectivity index (χ0v) is 15.9. The lowest BCUT2D eigenvalue weighted by molar-refractivity contribution is -0.125. The third-order valence-electron chi connectivity index (χ3n) is 4.35. The molecule has 138 valence electrons. The van der Waals surface area contributed by atoms with E-state index in [1.54, 1.807) is 49.1 Å². The lowest BCUT2D eigenvalue weighted by Gasteiger charge is -2.34. The predicted molar refractivity (Wildman–Crippen MR) is 106 cm³/mol. The molecule has 0 aliphatic carbocycles. The fraction of sp³-hybridized carbons (Fsp3) is 0.150. The largest absolute Gasteiger partial charge is 0.368 e. The standard InChI is InChI=1S/C20H18Cl2N4O/c21-16-4-1-5-17(22)18(16)20(19(23)27,11-15-3-2-8-25-12-15)26-13-14-6-9-24-10-7-14/h1-10,12,26H,11,13H2,(H2,23,27). The molecule has 1 aromatic carbocycles. The number of benzene rings is 1. The average Bonchev–Trinajstić information content (AvgIpc) is 2.67. The third-order valence-corrected chi connectivity index (χ3v) is 4.98. The molecule has 0 aliphatic heterocycles.